The van der Waals surface area contributed by atoms with Gasteiger partial charge in [0.15, 0.2) is 5.82 Å². The highest BCUT2D eigenvalue weighted by Gasteiger charge is 2.33. The van der Waals surface area contributed by atoms with E-state index >= 15 is 0 Å². The van der Waals surface area contributed by atoms with Crippen molar-refractivity contribution in [1.82, 2.24) is 14.3 Å². The number of hydrogen-bond acceptors (Lipinski definition) is 3. The zero-order chi connectivity index (χ0) is 14.4. The lowest BCUT2D eigenvalue weighted by Crippen LogP contribution is -2.35. The average Bonchev–Trinajstić information content (AvgIpc) is 2.89. The molecule has 20 heavy (non-hydrogen) atoms. The second kappa shape index (κ2) is 4.29. The van der Waals surface area contributed by atoms with Gasteiger partial charge in [-0.3, -0.25) is 4.90 Å². The van der Waals surface area contributed by atoms with E-state index in [2.05, 4.69) is 5.10 Å². The summed E-state index contributed by atoms with van der Waals surface area (Å²) in [5, 5.41) is 4.16. The van der Waals surface area contributed by atoms with E-state index in [1.807, 2.05) is 13.8 Å². The molecule has 0 atom stereocenters. The van der Waals surface area contributed by atoms with Crippen molar-refractivity contribution in [2.45, 2.75) is 26.4 Å². The van der Waals surface area contributed by atoms with Crippen molar-refractivity contribution in [3.63, 3.8) is 0 Å². The van der Waals surface area contributed by atoms with Gasteiger partial charge in [0.2, 0.25) is 0 Å². The van der Waals surface area contributed by atoms with Crippen molar-refractivity contribution in [1.29, 1.82) is 0 Å². The Morgan fingerprint density at radius 2 is 1.85 bits per heavy atom. The molecule has 0 unspecified atom stereocenters. The average molecular weight is 276 g/mol. The third-order valence-electron chi connectivity index (χ3n) is 3.22. The minimum absolute atomic E-state index is 0.104. The van der Waals surface area contributed by atoms with Crippen LogP contribution in [0, 0.1) is 5.82 Å². The number of halogens is 1. The molecule has 0 radical (unpaired) electrons. The van der Waals surface area contributed by atoms with Crippen LogP contribution in [0.2, 0.25) is 0 Å². The van der Waals surface area contributed by atoms with Crippen LogP contribution in [0.3, 0.4) is 0 Å². The van der Waals surface area contributed by atoms with Crippen LogP contribution in [-0.2, 0) is 6.54 Å². The lowest BCUT2D eigenvalue weighted by Gasteiger charge is -2.14. The van der Waals surface area contributed by atoms with Crippen LogP contribution < -0.4 is 10.6 Å². The Balaban J connectivity index is 2.00. The summed E-state index contributed by atoms with van der Waals surface area (Å²) in [6.07, 6.45) is 0. The molecule has 2 heterocycles. The molecule has 1 aliphatic heterocycles. The summed E-state index contributed by atoms with van der Waals surface area (Å²) in [5.74, 6) is 0.0262. The summed E-state index contributed by atoms with van der Waals surface area (Å²) in [6.45, 7) is 3.86. The number of carbonyl (C=O) groups is 1. The van der Waals surface area contributed by atoms with Gasteiger partial charge in [0.25, 0.3) is 0 Å². The highest BCUT2D eigenvalue weighted by molar-refractivity contribution is 5.95. The Labute approximate surface area is 114 Å². The Bertz CT molecular complexity index is 730. The van der Waals surface area contributed by atoms with Gasteiger partial charge in [-0.05, 0) is 38.1 Å². The van der Waals surface area contributed by atoms with Crippen LogP contribution >= 0.6 is 0 Å². The fraction of sp³-hybridized carbons (Fsp3) is 0.308. The summed E-state index contributed by atoms with van der Waals surface area (Å²) < 4.78 is 15.3. The molecule has 0 fully saturated rings. The van der Waals surface area contributed by atoms with E-state index in [1.54, 1.807) is 0 Å². The highest BCUT2D eigenvalue weighted by atomic mass is 19.1. The van der Waals surface area contributed by atoms with Crippen molar-refractivity contribution in [3.05, 3.63) is 46.4 Å². The smallest absolute Gasteiger partial charge is 0.286 e. The van der Waals surface area contributed by atoms with Crippen molar-refractivity contribution in [3.8, 4) is 0 Å². The second-order valence-corrected chi connectivity index (χ2v) is 4.92. The number of carbonyl (C=O) groups excluding carboxylic acids is 1. The summed E-state index contributed by atoms with van der Waals surface area (Å²) in [7, 11) is 0. The lowest BCUT2D eigenvalue weighted by molar-refractivity contribution is 0.249. The van der Waals surface area contributed by atoms with Crippen LogP contribution in [-0.4, -0.2) is 20.4 Å². The largest absolute Gasteiger partial charge is 0.354 e. The van der Waals surface area contributed by atoms with E-state index in [-0.39, 0.29) is 18.4 Å². The maximum Gasteiger partial charge on any atom is 0.354 e. The molecule has 0 N–H and O–H groups in total. The fourth-order valence-electron chi connectivity index (χ4n) is 2.21. The van der Waals surface area contributed by atoms with E-state index in [0.29, 0.717) is 11.5 Å². The standard InChI is InChI=1S/C13H13FN4O2/c1-8(2)18-13(20)17-11(15-18)7-16(12(17)19)10-5-3-9(14)4-6-10/h3-6,8H,7H2,1-2H3. The maximum atomic E-state index is 12.9. The molecule has 0 bridgehead atoms. The summed E-state index contributed by atoms with van der Waals surface area (Å²) >= 11 is 0. The first-order chi connectivity index (χ1) is 9.49. The molecule has 0 saturated heterocycles. The normalized spacial score (nSPS) is 14.2. The SMILES string of the molecule is CC(C)n1nc2n(c1=O)C(=O)N(c1ccc(F)cc1)C2. The molecule has 0 saturated carbocycles. The van der Waals surface area contributed by atoms with Gasteiger partial charge in [-0.1, -0.05) is 0 Å². The quantitative estimate of drug-likeness (QED) is 0.839. The summed E-state index contributed by atoms with van der Waals surface area (Å²) in [6, 6.07) is 4.99. The molecular weight excluding hydrogens is 263 g/mol. The third-order valence-corrected chi connectivity index (χ3v) is 3.22. The molecule has 0 aliphatic carbocycles. The minimum atomic E-state index is -0.455. The van der Waals surface area contributed by atoms with E-state index in [1.165, 1.54) is 33.8 Å². The van der Waals surface area contributed by atoms with Gasteiger partial charge in [-0.25, -0.2) is 18.7 Å². The Morgan fingerprint density at radius 1 is 1.20 bits per heavy atom. The number of amides is 1. The van der Waals surface area contributed by atoms with E-state index in [0.717, 1.165) is 4.57 Å². The van der Waals surface area contributed by atoms with Crippen molar-refractivity contribution in [2.24, 2.45) is 0 Å². The van der Waals surface area contributed by atoms with Crippen molar-refractivity contribution in [2.75, 3.05) is 4.90 Å². The maximum absolute atomic E-state index is 12.9. The molecule has 3 rings (SSSR count). The van der Waals surface area contributed by atoms with Gasteiger partial charge in [0, 0.05) is 5.69 Å². The van der Waals surface area contributed by atoms with E-state index in [4.69, 9.17) is 0 Å². The number of benzene rings is 1. The van der Waals surface area contributed by atoms with Crippen LogP contribution in [0.1, 0.15) is 25.7 Å². The molecule has 1 aliphatic rings. The van der Waals surface area contributed by atoms with Gasteiger partial charge in [-0.2, -0.15) is 9.67 Å². The first kappa shape index (κ1) is 12.6. The van der Waals surface area contributed by atoms with Crippen molar-refractivity contribution < 1.29 is 9.18 Å². The molecule has 1 aromatic carbocycles. The number of hydrogen-bond donors (Lipinski definition) is 0. The number of nitrogens with zero attached hydrogens (tertiary/aromatic N) is 4. The predicted octanol–water partition coefficient (Wildman–Crippen LogP) is 1.75. The van der Waals surface area contributed by atoms with Gasteiger partial charge in [-0.15, -0.1) is 0 Å². The van der Waals surface area contributed by atoms with Crippen molar-refractivity contribution >= 4 is 11.7 Å². The molecular formula is C13H13FN4O2. The molecule has 1 aromatic heterocycles. The number of aromatic nitrogens is 3. The van der Waals surface area contributed by atoms with Crippen LogP contribution in [0.5, 0.6) is 0 Å². The summed E-state index contributed by atoms with van der Waals surface area (Å²) in [4.78, 5) is 25.8. The number of fused-ring (bicyclic) bond motifs is 1. The van der Waals surface area contributed by atoms with Crippen LogP contribution in [0.4, 0.5) is 14.9 Å². The van der Waals surface area contributed by atoms with Crippen LogP contribution in [0.15, 0.2) is 29.1 Å². The van der Waals surface area contributed by atoms with Gasteiger partial charge in [0.05, 0.1) is 12.6 Å². The van der Waals surface area contributed by atoms with Gasteiger partial charge >= 0.3 is 11.7 Å². The molecule has 6 nitrogen and oxygen atoms in total. The Hall–Kier alpha value is -2.44. The second-order valence-electron chi connectivity index (χ2n) is 4.92. The third kappa shape index (κ3) is 1.74. The molecule has 2 aromatic rings. The van der Waals surface area contributed by atoms with E-state index < -0.39 is 11.7 Å². The fourth-order valence-corrected chi connectivity index (χ4v) is 2.21. The highest BCUT2D eigenvalue weighted by Crippen LogP contribution is 2.22. The topological polar surface area (TPSA) is 60.1 Å². The lowest BCUT2D eigenvalue weighted by atomic mass is 10.3. The minimum Gasteiger partial charge on any atom is -0.286 e. The predicted molar refractivity (Wildman–Crippen MR) is 70.2 cm³/mol. The molecule has 104 valence electrons. The number of rotatable bonds is 2. The monoisotopic (exact) mass is 276 g/mol. The van der Waals surface area contributed by atoms with Gasteiger partial charge < -0.3 is 0 Å². The molecule has 1 amide bonds. The first-order valence-corrected chi connectivity index (χ1v) is 6.27. The molecule has 7 heteroatoms. The zero-order valence-electron chi connectivity index (χ0n) is 11.1. The summed E-state index contributed by atoms with van der Waals surface area (Å²) in [5.41, 5.74) is 0.0991. The Morgan fingerprint density at radius 3 is 2.40 bits per heavy atom. The Kier molecular flexibility index (Phi) is 2.70. The molecule has 0 spiro atoms. The number of anilines is 1. The van der Waals surface area contributed by atoms with Crippen LogP contribution in [0.25, 0.3) is 0 Å². The zero-order valence-corrected chi connectivity index (χ0v) is 11.1. The first-order valence-electron chi connectivity index (χ1n) is 6.27. The van der Waals surface area contributed by atoms with Gasteiger partial charge in [0.1, 0.15) is 5.82 Å². The van der Waals surface area contributed by atoms with E-state index in [9.17, 15) is 14.0 Å².